The molecule has 0 radical (unpaired) electrons. The quantitative estimate of drug-likeness (QED) is 0.751. The molecule has 0 aliphatic heterocycles. The standard InChI is InChI=1S/C17H19ClFNO/c1-3-9-20-11-13-10-14(18)7-8-15(13)21-16-6-4-5-12(2)17(16)19/h4-8,10,20H,3,9,11H2,1-2H3. The number of hydrogen-bond acceptors (Lipinski definition) is 2. The Hall–Kier alpha value is -1.58. The third kappa shape index (κ3) is 4.19. The summed E-state index contributed by atoms with van der Waals surface area (Å²) >= 11 is 6.03. The lowest BCUT2D eigenvalue weighted by molar-refractivity contribution is 0.433. The highest BCUT2D eigenvalue weighted by Gasteiger charge is 2.10. The molecule has 0 bridgehead atoms. The van der Waals surface area contributed by atoms with E-state index in [2.05, 4.69) is 12.2 Å². The normalized spacial score (nSPS) is 10.7. The fraction of sp³-hybridized carbons (Fsp3) is 0.294. The van der Waals surface area contributed by atoms with Crippen LogP contribution in [0.3, 0.4) is 0 Å². The Labute approximate surface area is 129 Å². The molecule has 0 spiro atoms. The molecular weight excluding hydrogens is 289 g/mol. The predicted molar refractivity (Wildman–Crippen MR) is 84.7 cm³/mol. The average molecular weight is 308 g/mol. The van der Waals surface area contributed by atoms with E-state index >= 15 is 0 Å². The highest BCUT2D eigenvalue weighted by molar-refractivity contribution is 6.30. The van der Waals surface area contributed by atoms with Crippen LogP contribution in [0, 0.1) is 12.7 Å². The van der Waals surface area contributed by atoms with Crippen LogP contribution >= 0.6 is 11.6 Å². The molecule has 21 heavy (non-hydrogen) atoms. The highest BCUT2D eigenvalue weighted by Crippen LogP contribution is 2.30. The molecule has 0 aliphatic rings. The van der Waals surface area contributed by atoms with E-state index in [-0.39, 0.29) is 11.6 Å². The maximum atomic E-state index is 14.0. The van der Waals surface area contributed by atoms with Gasteiger partial charge in [0.25, 0.3) is 0 Å². The number of nitrogens with one attached hydrogen (secondary N) is 1. The zero-order chi connectivity index (χ0) is 15.2. The van der Waals surface area contributed by atoms with E-state index in [4.69, 9.17) is 16.3 Å². The Balaban J connectivity index is 2.24. The molecule has 0 heterocycles. The number of hydrogen-bond donors (Lipinski definition) is 1. The van der Waals surface area contributed by atoms with Gasteiger partial charge in [-0.25, -0.2) is 4.39 Å². The third-order valence-corrected chi connectivity index (χ3v) is 3.38. The summed E-state index contributed by atoms with van der Waals surface area (Å²) in [5.74, 6) is 0.515. The minimum Gasteiger partial charge on any atom is -0.454 e. The molecule has 0 saturated carbocycles. The smallest absolute Gasteiger partial charge is 0.168 e. The van der Waals surface area contributed by atoms with Gasteiger partial charge in [-0.2, -0.15) is 0 Å². The van der Waals surface area contributed by atoms with Crippen LogP contribution in [0.5, 0.6) is 11.5 Å². The van der Waals surface area contributed by atoms with Gasteiger partial charge in [0.2, 0.25) is 0 Å². The van der Waals surface area contributed by atoms with Gasteiger partial charge in [0.05, 0.1) is 0 Å². The second-order valence-corrected chi connectivity index (χ2v) is 5.35. The molecule has 2 rings (SSSR count). The summed E-state index contributed by atoms with van der Waals surface area (Å²) in [6.45, 7) is 5.36. The van der Waals surface area contributed by atoms with Crippen LogP contribution in [0.2, 0.25) is 5.02 Å². The average Bonchev–Trinajstić information content (AvgIpc) is 2.46. The molecule has 0 amide bonds. The van der Waals surface area contributed by atoms with Gasteiger partial charge >= 0.3 is 0 Å². The molecule has 0 aromatic heterocycles. The van der Waals surface area contributed by atoms with Gasteiger partial charge in [0.15, 0.2) is 11.6 Å². The van der Waals surface area contributed by atoms with Crippen LogP contribution in [0.15, 0.2) is 36.4 Å². The molecule has 1 N–H and O–H groups in total. The number of halogens is 2. The van der Waals surface area contributed by atoms with Crippen molar-refractivity contribution in [1.29, 1.82) is 0 Å². The first-order valence-electron chi connectivity index (χ1n) is 7.04. The van der Waals surface area contributed by atoms with E-state index in [1.54, 1.807) is 37.3 Å². The van der Waals surface area contributed by atoms with E-state index in [9.17, 15) is 4.39 Å². The molecule has 2 aromatic rings. The molecule has 0 aliphatic carbocycles. The fourth-order valence-corrected chi connectivity index (χ4v) is 2.20. The Morgan fingerprint density at radius 2 is 2.00 bits per heavy atom. The van der Waals surface area contributed by atoms with Crippen molar-refractivity contribution in [3.8, 4) is 11.5 Å². The van der Waals surface area contributed by atoms with E-state index in [0.717, 1.165) is 18.5 Å². The van der Waals surface area contributed by atoms with E-state index in [1.807, 2.05) is 6.07 Å². The van der Waals surface area contributed by atoms with Gasteiger partial charge in [-0.05, 0) is 49.7 Å². The Kier molecular flexibility index (Phi) is 5.59. The lowest BCUT2D eigenvalue weighted by Crippen LogP contribution is -2.14. The van der Waals surface area contributed by atoms with Crippen molar-refractivity contribution in [3.05, 3.63) is 58.4 Å². The minimum atomic E-state index is -0.333. The molecule has 2 nitrogen and oxygen atoms in total. The van der Waals surface area contributed by atoms with Gasteiger partial charge in [0.1, 0.15) is 5.75 Å². The van der Waals surface area contributed by atoms with E-state index in [0.29, 0.717) is 22.9 Å². The molecular formula is C17H19ClFNO. The Bertz CT molecular complexity index is 616. The van der Waals surface area contributed by atoms with Crippen LogP contribution in [0.25, 0.3) is 0 Å². The zero-order valence-electron chi connectivity index (χ0n) is 12.2. The van der Waals surface area contributed by atoms with Gasteiger partial charge in [-0.15, -0.1) is 0 Å². The minimum absolute atomic E-state index is 0.231. The lowest BCUT2D eigenvalue weighted by Gasteiger charge is -2.13. The first-order chi connectivity index (χ1) is 10.1. The monoisotopic (exact) mass is 307 g/mol. The third-order valence-electron chi connectivity index (χ3n) is 3.14. The summed E-state index contributed by atoms with van der Waals surface area (Å²) in [5, 5.41) is 3.94. The van der Waals surface area contributed by atoms with Gasteiger partial charge < -0.3 is 10.1 Å². The van der Waals surface area contributed by atoms with Crippen LogP contribution in [-0.2, 0) is 6.54 Å². The van der Waals surface area contributed by atoms with Crippen molar-refractivity contribution in [1.82, 2.24) is 5.32 Å². The summed E-state index contributed by atoms with van der Waals surface area (Å²) in [5.41, 5.74) is 1.48. The van der Waals surface area contributed by atoms with Crippen LogP contribution in [-0.4, -0.2) is 6.54 Å². The summed E-state index contributed by atoms with van der Waals surface area (Å²) in [6, 6.07) is 10.5. The first-order valence-corrected chi connectivity index (χ1v) is 7.41. The van der Waals surface area contributed by atoms with Crippen LogP contribution < -0.4 is 10.1 Å². The maximum Gasteiger partial charge on any atom is 0.168 e. The molecule has 4 heteroatoms. The number of benzene rings is 2. The molecule has 112 valence electrons. The van der Waals surface area contributed by atoms with Gasteiger partial charge in [-0.3, -0.25) is 0 Å². The predicted octanol–water partition coefficient (Wildman–Crippen LogP) is 5.08. The molecule has 0 atom stereocenters. The second-order valence-electron chi connectivity index (χ2n) is 4.92. The highest BCUT2D eigenvalue weighted by atomic mass is 35.5. The van der Waals surface area contributed by atoms with Crippen molar-refractivity contribution in [2.24, 2.45) is 0 Å². The number of ether oxygens (including phenoxy) is 1. The maximum absolute atomic E-state index is 14.0. The lowest BCUT2D eigenvalue weighted by atomic mass is 10.2. The molecule has 2 aromatic carbocycles. The summed E-state index contributed by atoms with van der Waals surface area (Å²) < 4.78 is 19.8. The van der Waals surface area contributed by atoms with Crippen molar-refractivity contribution in [2.75, 3.05) is 6.54 Å². The van der Waals surface area contributed by atoms with Crippen molar-refractivity contribution >= 4 is 11.6 Å². The topological polar surface area (TPSA) is 21.3 Å². The Morgan fingerprint density at radius 1 is 1.19 bits per heavy atom. The second kappa shape index (κ2) is 7.43. The Morgan fingerprint density at radius 3 is 2.76 bits per heavy atom. The van der Waals surface area contributed by atoms with Crippen LogP contribution in [0.1, 0.15) is 24.5 Å². The molecule has 0 unspecified atom stereocenters. The summed E-state index contributed by atoms with van der Waals surface area (Å²) in [6.07, 6.45) is 1.04. The molecule has 0 saturated heterocycles. The molecule has 0 fully saturated rings. The van der Waals surface area contributed by atoms with Crippen LogP contribution in [0.4, 0.5) is 4.39 Å². The first kappa shape index (κ1) is 15.8. The van der Waals surface area contributed by atoms with Crippen molar-refractivity contribution < 1.29 is 9.13 Å². The zero-order valence-corrected chi connectivity index (χ0v) is 13.0. The van der Waals surface area contributed by atoms with Crippen molar-refractivity contribution in [3.63, 3.8) is 0 Å². The van der Waals surface area contributed by atoms with E-state index in [1.165, 1.54) is 0 Å². The largest absolute Gasteiger partial charge is 0.454 e. The van der Waals surface area contributed by atoms with Gasteiger partial charge in [0, 0.05) is 17.1 Å². The summed E-state index contributed by atoms with van der Waals surface area (Å²) in [7, 11) is 0. The van der Waals surface area contributed by atoms with Crippen molar-refractivity contribution in [2.45, 2.75) is 26.8 Å². The van der Waals surface area contributed by atoms with Gasteiger partial charge in [-0.1, -0.05) is 30.7 Å². The summed E-state index contributed by atoms with van der Waals surface area (Å²) in [4.78, 5) is 0. The SMILES string of the molecule is CCCNCc1cc(Cl)ccc1Oc1cccc(C)c1F. The number of rotatable bonds is 6. The fourth-order valence-electron chi connectivity index (χ4n) is 2.00. The van der Waals surface area contributed by atoms with E-state index < -0.39 is 0 Å². The number of aryl methyl sites for hydroxylation is 1.